The van der Waals surface area contributed by atoms with Crippen molar-refractivity contribution in [1.82, 2.24) is 14.9 Å². The smallest absolute Gasteiger partial charge is 0.258 e. The van der Waals surface area contributed by atoms with Crippen molar-refractivity contribution in [3.05, 3.63) is 70.7 Å². The fourth-order valence-corrected chi connectivity index (χ4v) is 5.12. The fraction of sp³-hybridized carbons (Fsp3) is 0.227. The minimum atomic E-state index is -0.121. The largest absolute Gasteiger partial charge is 0.346 e. The molecule has 1 saturated heterocycles. The molecule has 1 aliphatic rings. The van der Waals surface area contributed by atoms with Gasteiger partial charge in [0.05, 0.1) is 5.69 Å². The highest BCUT2D eigenvalue weighted by Gasteiger charge is 2.20. The zero-order valence-electron chi connectivity index (χ0n) is 16.3. The van der Waals surface area contributed by atoms with Gasteiger partial charge in [-0.2, -0.15) is 0 Å². The zero-order valence-corrected chi connectivity index (χ0v) is 18.0. The molecular weight excluding hydrogens is 414 g/mol. The van der Waals surface area contributed by atoms with E-state index in [1.54, 1.807) is 11.3 Å². The van der Waals surface area contributed by atoms with Crippen LogP contribution >= 0.6 is 22.7 Å². The molecular formula is C22H21N5OS2. The van der Waals surface area contributed by atoms with Gasteiger partial charge in [0.2, 0.25) is 0 Å². The van der Waals surface area contributed by atoms with Crippen molar-refractivity contribution in [3.63, 3.8) is 0 Å². The van der Waals surface area contributed by atoms with E-state index >= 15 is 0 Å². The molecule has 1 amide bonds. The summed E-state index contributed by atoms with van der Waals surface area (Å²) in [7, 11) is 0. The molecule has 5 rings (SSSR count). The van der Waals surface area contributed by atoms with Gasteiger partial charge in [-0.15, -0.1) is 22.7 Å². The van der Waals surface area contributed by atoms with Gasteiger partial charge in [-0.3, -0.25) is 15.0 Å². The monoisotopic (exact) mass is 435 g/mol. The predicted octanol–water partition coefficient (Wildman–Crippen LogP) is 4.33. The minimum absolute atomic E-state index is 0.121. The second kappa shape index (κ2) is 8.51. The quantitative estimate of drug-likeness (QED) is 0.506. The summed E-state index contributed by atoms with van der Waals surface area (Å²) in [6.45, 7) is 4.71. The summed E-state index contributed by atoms with van der Waals surface area (Å²) in [5, 5.41) is 10.8. The van der Waals surface area contributed by atoms with Gasteiger partial charge in [-0.1, -0.05) is 36.4 Å². The third kappa shape index (κ3) is 4.07. The molecule has 1 N–H and O–H groups in total. The Hall–Kier alpha value is -2.81. The van der Waals surface area contributed by atoms with E-state index in [-0.39, 0.29) is 5.91 Å². The Morgan fingerprint density at radius 3 is 2.70 bits per heavy atom. The van der Waals surface area contributed by atoms with Gasteiger partial charge in [-0.05, 0) is 16.8 Å². The second-order valence-electron chi connectivity index (χ2n) is 7.20. The van der Waals surface area contributed by atoms with Gasteiger partial charge in [0.25, 0.3) is 5.91 Å². The summed E-state index contributed by atoms with van der Waals surface area (Å²) < 4.78 is 0. The maximum Gasteiger partial charge on any atom is 0.258 e. The Morgan fingerprint density at radius 2 is 1.87 bits per heavy atom. The van der Waals surface area contributed by atoms with E-state index in [1.165, 1.54) is 11.3 Å². The molecule has 6 nitrogen and oxygen atoms in total. The van der Waals surface area contributed by atoms with Gasteiger partial charge >= 0.3 is 0 Å². The molecule has 0 saturated carbocycles. The number of fused-ring (bicyclic) bond motifs is 1. The van der Waals surface area contributed by atoms with Gasteiger partial charge in [0.1, 0.15) is 0 Å². The molecule has 8 heteroatoms. The number of nitrogens with zero attached hydrogens (tertiary/aromatic N) is 4. The average molecular weight is 436 g/mol. The van der Waals surface area contributed by atoms with E-state index in [9.17, 15) is 4.79 Å². The summed E-state index contributed by atoms with van der Waals surface area (Å²) in [5.41, 5.74) is 1.67. The first kappa shape index (κ1) is 19.2. The van der Waals surface area contributed by atoms with Gasteiger partial charge < -0.3 is 4.90 Å². The predicted molar refractivity (Wildman–Crippen MR) is 124 cm³/mol. The molecule has 30 heavy (non-hydrogen) atoms. The minimum Gasteiger partial charge on any atom is -0.346 e. The number of thiazole rings is 2. The highest BCUT2D eigenvalue weighted by Crippen LogP contribution is 2.23. The molecule has 0 spiro atoms. The Bertz CT molecular complexity index is 1140. The summed E-state index contributed by atoms with van der Waals surface area (Å²) >= 11 is 3.16. The summed E-state index contributed by atoms with van der Waals surface area (Å²) in [5.74, 6) is -0.121. The molecule has 3 heterocycles. The van der Waals surface area contributed by atoms with E-state index in [0.29, 0.717) is 10.7 Å². The Morgan fingerprint density at radius 1 is 1.03 bits per heavy atom. The van der Waals surface area contributed by atoms with Crippen LogP contribution in [0.5, 0.6) is 0 Å². The van der Waals surface area contributed by atoms with Crippen LogP contribution in [0.2, 0.25) is 0 Å². The van der Waals surface area contributed by atoms with E-state index < -0.39 is 0 Å². The van der Waals surface area contributed by atoms with Crippen molar-refractivity contribution in [2.24, 2.45) is 0 Å². The number of rotatable bonds is 5. The van der Waals surface area contributed by atoms with E-state index in [0.717, 1.165) is 54.3 Å². The first-order valence-corrected chi connectivity index (χ1v) is 11.6. The van der Waals surface area contributed by atoms with Crippen LogP contribution in [0.15, 0.2) is 59.4 Å². The second-order valence-corrected chi connectivity index (χ2v) is 8.93. The first-order valence-electron chi connectivity index (χ1n) is 9.86. The highest BCUT2D eigenvalue weighted by molar-refractivity contribution is 7.14. The van der Waals surface area contributed by atoms with Crippen LogP contribution in [0.4, 0.5) is 10.3 Å². The molecule has 1 fully saturated rings. The number of nitrogens with one attached hydrogen (secondary N) is 1. The van der Waals surface area contributed by atoms with Crippen molar-refractivity contribution in [1.29, 1.82) is 0 Å². The number of anilines is 2. The summed E-state index contributed by atoms with van der Waals surface area (Å²) in [6.07, 6.45) is 1.86. The third-order valence-electron chi connectivity index (χ3n) is 5.25. The Balaban J connectivity index is 1.20. The van der Waals surface area contributed by atoms with E-state index in [1.807, 2.05) is 59.4 Å². The van der Waals surface area contributed by atoms with Crippen LogP contribution in [-0.4, -0.2) is 47.0 Å². The van der Waals surface area contributed by atoms with Gasteiger partial charge in [-0.25, -0.2) is 9.97 Å². The number of benzene rings is 2. The molecule has 0 bridgehead atoms. The van der Waals surface area contributed by atoms with Crippen LogP contribution in [0, 0.1) is 0 Å². The first-order chi connectivity index (χ1) is 14.8. The van der Waals surface area contributed by atoms with Crippen LogP contribution in [-0.2, 0) is 6.54 Å². The van der Waals surface area contributed by atoms with Crippen molar-refractivity contribution < 1.29 is 4.79 Å². The van der Waals surface area contributed by atoms with Gasteiger partial charge in [0.15, 0.2) is 10.3 Å². The number of hydrogen-bond donors (Lipinski definition) is 1. The molecule has 1 aliphatic heterocycles. The molecule has 2 aromatic carbocycles. The molecule has 2 aromatic heterocycles. The number of carbonyl (C=O) groups is 1. The van der Waals surface area contributed by atoms with E-state index in [4.69, 9.17) is 0 Å². The molecule has 0 aliphatic carbocycles. The van der Waals surface area contributed by atoms with Crippen molar-refractivity contribution >= 4 is 49.6 Å². The maximum atomic E-state index is 12.8. The molecule has 4 aromatic rings. The Kier molecular flexibility index (Phi) is 5.44. The molecule has 0 atom stereocenters. The number of amides is 1. The normalized spacial score (nSPS) is 14.9. The number of piperazine rings is 1. The lowest BCUT2D eigenvalue weighted by Crippen LogP contribution is -2.45. The topological polar surface area (TPSA) is 61.4 Å². The maximum absolute atomic E-state index is 12.8. The Labute approximate surface area is 182 Å². The number of carbonyl (C=O) groups excluding carboxylic acids is 1. The SMILES string of the molecule is O=C(Nc1nc(CN2CCN(c3nccs3)CC2)cs1)c1cccc2ccccc12. The third-order valence-corrected chi connectivity index (χ3v) is 6.89. The summed E-state index contributed by atoms with van der Waals surface area (Å²) in [4.78, 5) is 26.6. The number of aromatic nitrogens is 2. The zero-order chi connectivity index (χ0) is 20.3. The van der Waals surface area contributed by atoms with E-state index in [2.05, 4.69) is 25.1 Å². The lowest BCUT2D eigenvalue weighted by atomic mass is 10.0. The average Bonchev–Trinajstić information content (AvgIpc) is 3.46. The highest BCUT2D eigenvalue weighted by atomic mass is 32.1. The van der Waals surface area contributed by atoms with Crippen LogP contribution in [0.1, 0.15) is 16.1 Å². The van der Waals surface area contributed by atoms with Gasteiger partial charge in [0, 0.05) is 55.2 Å². The number of hydrogen-bond acceptors (Lipinski definition) is 7. The molecule has 0 unspecified atom stereocenters. The lowest BCUT2D eigenvalue weighted by molar-refractivity contribution is 0.102. The van der Waals surface area contributed by atoms with Crippen molar-refractivity contribution in [3.8, 4) is 0 Å². The van der Waals surface area contributed by atoms with Crippen molar-refractivity contribution in [2.75, 3.05) is 36.4 Å². The lowest BCUT2D eigenvalue weighted by Gasteiger charge is -2.34. The summed E-state index contributed by atoms with van der Waals surface area (Å²) in [6, 6.07) is 13.7. The standard InChI is InChI=1S/C22H21N5OS2/c28-20(19-7-3-5-16-4-1-2-6-18(16)19)25-21-24-17(15-30-21)14-26-9-11-27(12-10-26)22-23-8-13-29-22/h1-8,13,15H,9-12,14H2,(H,24,25,28). The van der Waals surface area contributed by atoms with Crippen molar-refractivity contribution in [2.45, 2.75) is 6.54 Å². The molecule has 0 radical (unpaired) electrons. The molecule has 152 valence electrons. The fourth-order valence-electron chi connectivity index (χ4n) is 3.72. The van der Waals surface area contributed by atoms with Crippen LogP contribution in [0.3, 0.4) is 0 Å². The van der Waals surface area contributed by atoms with Crippen LogP contribution < -0.4 is 10.2 Å². The van der Waals surface area contributed by atoms with Crippen LogP contribution in [0.25, 0.3) is 10.8 Å².